The number of carbonyl (C=O) groups is 3. The van der Waals surface area contributed by atoms with Crippen LogP contribution in [0, 0.1) is 12.8 Å². The number of aryl methyl sites for hydroxylation is 1. The number of anilines is 2. The summed E-state index contributed by atoms with van der Waals surface area (Å²) in [6, 6.07) is 27.9. The van der Waals surface area contributed by atoms with E-state index < -0.39 is 23.4 Å². The smallest absolute Gasteiger partial charge is 0.238 e. The Morgan fingerprint density at radius 3 is 2.35 bits per heavy atom. The van der Waals surface area contributed by atoms with Crippen LogP contribution in [0.1, 0.15) is 37.4 Å². The first-order valence-corrected chi connectivity index (χ1v) is 13.7. The number of ketones is 2. The number of Topliss-reactive ketones (excluding diaryl/α,β-unsaturated/α-hetero) is 2. The maximum absolute atomic E-state index is 14.7. The summed E-state index contributed by atoms with van der Waals surface area (Å²) in [7, 11) is 0. The van der Waals surface area contributed by atoms with Crippen LogP contribution in [0.2, 0.25) is 5.02 Å². The summed E-state index contributed by atoms with van der Waals surface area (Å²) in [5.41, 5.74) is 3.55. The molecular formula is C34H25ClN2O3. The van der Waals surface area contributed by atoms with Crippen molar-refractivity contribution in [3.63, 3.8) is 0 Å². The Hall–Kier alpha value is -4.48. The van der Waals surface area contributed by atoms with Crippen LogP contribution in [0.25, 0.3) is 6.08 Å². The number of halogens is 1. The van der Waals surface area contributed by atoms with Gasteiger partial charge in [-0.3, -0.25) is 14.4 Å². The highest BCUT2D eigenvalue weighted by atomic mass is 35.5. The lowest BCUT2D eigenvalue weighted by molar-refractivity contribution is -0.121. The fraction of sp³-hybridized carbons (Fsp3) is 0.147. The maximum Gasteiger partial charge on any atom is 0.238 e. The minimum absolute atomic E-state index is 0.252. The zero-order valence-electron chi connectivity index (χ0n) is 21.7. The standard InChI is InChI=1S/C34H25ClN2O3/c1-20-14-16-22(17-15-20)31(38)29-30(32(39)23-9-3-5-11-25(23)35)37-27-13-7-2-8-21(27)18-19-28(37)34(29)24-10-4-6-12-26(24)36-33(34)40/h2-19,28-30H,1H3,(H,36,40). The number of fused-ring (bicyclic) bond motifs is 6. The maximum atomic E-state index is 14.7. The van der Waals surface area contributed by atoms with Gasteiger partial charge in [-0.25, -0.2) is 0 Å². The number of hydrogen-bond donors (Lipinski definition) is 1. The average Bonchev–Trinajstić information content (AvgIpc) is 3.45. The van der Waals surface area contributed by atoms with Gasteiger partial charge < -0.3 is 10.2 Å². The van der Waals surface area contributed by atoms with Gasteiger partial charge in [0.05, 0.1) is 17.0 Å². The van der Waals surface area contributed by atoms with E-state index in [1.54, 1.807) is 36.4 Å². The van der Waals surface area contributed by atoms with Gasteiger partial charge in [-0.05, 0) is 42.3 Å². The minimum Gasteiger partial charge on any atom is -0.352 e. The molecule has 1 fully saturated rings. The Morgan fingerprint density at radius 2 is 1.55 bits per heavy atom. The third-order valence-electron chi connectivity index (χ3n) is 8.57. The molecule has 4 unspecified atom stereocenters. The Bertz CT molecular complexity index is 1740. The number of benzene rings is 4. The summed E-state index contributed by atoms with van der Waals surface area (Å²) in [6.45, 7) is 1.96. The zero-order chi connectivity index (χ0) is 27.6. The van der Waals surface area contributed by atoms with Crippen molar-refractivity contribution in [2.24, 2.45) is 5.92 Å². The number of amides is 1. The molecule has 4 aromatic carbocycles. The molecule has 0 aromatic heterocycles. The number of rotatable bonds is 4. The number of carbonyl (C=O) groups excluding carboxylic acids is 3. The molecule has 1 saturated heterocycles. The van der Waals surface area contributed by atoms with Crippen LogP contribution >= 0.6 is 11.6 Å². The third-order valence-corrected chi connectivity index (χ3v) is 8.90. The number of hydrogen-bond acceptors (Lipinski definition) is 4. The van der Waals surface area contributed by atoms with Crippen molar-refractivity contribution in [3.8, 4) is 0 Å². The molecule has 5 nitrogen and oxygen atoms in total. The van der Waals surface area contributed by atoms with E-state index in [9.17, 15) is 14.4 Å². The van der Waals surface area contributed by atoms with Crippen molar-refractivity contribution in [2.45, 2.75) is 24.4 Å². The van der Waals surface area contributed by atoms with Crippen molar-refractivity contribution < 1.29 is 14.4 Å². The van der Waals surface area contributed by atoms with Gasteiger partial charge in [0, 0.05) is 22.5 Å². The molecule has 0 aliphatic carbocycles. The second kappa shape index (κ2) is 9.04. The lowest BCUT2D eigenvalue weighted by atomic mass is 9.64. The normalized spacial score (nSPS) is 23.9. The van der Waals surface area contributed by atoms with E-state index in [0.717, 1.165) is 22.4 Å². The van der Waals surface area contributed by atoms with Gasteiger partial charge in [0.25, 0.3) is 0 Å². The van der Waals surface area contributed by atoms with Crippen molar-refractivity contribution in [1.29, 1.82) is 0 Å². The molecule has 40 heavy (non-hydrogen) atoms. The highest BCUT2D eigenvalue weighted by molar-refractivity contribution is 6.34. The Kier molecular flexibility index (Phi) is 5.55. The molecule has 3 aliphatic rings. The largest absolute Gasteiger partial charge is 0.352 e. The molecule has 3 aliphatic heterocycles. The summed E-state index contributed by atoms with van der Waals surface area (Å²) in [6.07, 6.45) is 3.96. The summed E-state index contributed by atoms with van der Waals surface area (Å²) < 4.78 is 0. The van der Waals surface area contributed by atoms with Crippen molar-refractivity contribution in [3.05, 3.63) is 136 Å². The monoisotopic (exact) mass is 544 g/mol. The minimum atomic E-state index is -1.34. The summed E-state index contributed by atoms with van der Waals surface area (Å²) in [5.74, 6) is -1.85. The van der Waals surface area contributed by atoms with E-state index in [0.29, 0.717) is 21.8 Å². The molecule has 7 rings (SSSR count). The van der Waals surface area contributed by atoms with Gasteiger partial charge in [0.15, 0.2) is 11.6 Å². The quantitative estimate of drug-likeness (QED) is 0.298. The molecule has 1 spiro atoms. The third kappa shape index (κ3) is 3.31. The van der Waals surface area contributed by atoms with Crippen molar-refractivity contribution >= 4 is 46.5 Å². The van der Waals surface area contributed by atoms with Crippen LogP contribution in [0.3, 0.4) is 0 Å². The van der Waals surface area contributed by atoms with E-state index in [4.69, 9.17) is 11.6 Å². The molecule has 196 valence electrons. The first kappa shape index (κ1) is 24.6. The Labute approximate surface area is 237 Å². The molecule has 0 bridgehead atoms. The average molecular weight is 545 g/mol. The van der Waals surface area contributed by atoms with Gasteiger partial charge in [-0.15, -0.1) is 0 Å². The van der Waals surface area contributed by atoms with Crippen LogP contribution < -0.4 is 10.2 Å². The molecule has 6 heteroatoms. The van der Waals surface area contributed by atoms with Crippen LogP contribution in [0.15, 0.2) is 103 Å². The van der Waals surface area contributed by atoms with Crippen molar-refractivity contribution in [2.75, 3.05) is 10.2 Å². The van der Waals surface area contributed by atoms with Gasteiger partial charge in [-0.2, -0.15) is 0 Å². The van der Waals surface area contributed by atoms with Crippen molar-refractivity contribution in [1.82, 2.24) is 0 Å². The van der Waals surface area contributed by atoms with Gasteiger partial charge in [-0.1, -0.05) is 102 Å². The second-order valence-corrected chi connectivity index (χ2v) is 11.0. The fourth-order valence-electron chi connectivity index (χ4n) is 6.84. The first-order valence-electron chi connectivity index (χ1n) is 13.3. The number of para-hydroxylation sites is 2. The van der Waals surface area contributed by atoms with Crippen LogP contribution in [-0.4, -0.2) is 29.6 Å². The Morgan fingerprint density at radius 1 is 0.850 bits per heavy atom. The van der Waals surface area contributed by atoms with E-state index in [1.165, 1.54) is 0 Å². The SMILES string of the molecule is Cc1ccc(C(=O)C2C(C(=O)c3ccccc3Cl)N3c4ccccc4C=CC3C23C(=O)Nc2ccccc23)cc1. The summed E-state index contributed by atoms with van der Waals surface area (Å²) in [4.78, 5) is 45.7. The van der Waals surface area contributed by atoms with Crippen LogP contribution in [0.4, 0.5) is 11.4 Å². The number of nitrogens with one attached hydrogen (secondary N) is 1. The first-order chi connectivity index (χ1) is 19.4. The highest BCUT2D eigenvalue weighted by Gasteiger charge is 2.70. The topological polar surface area (TPSA) is 66.5 Å². The lowest BCUT2D eigenvalue weighted by Gasteiger charge is -2.37. The summed E-state index contributed by atoms with van der Waals surface area (Å²) >= 11 is 6.58. The fourth-order valence-corrected chi connectivity index (χ4v) is 7.07. The van der Waals surface area contributed by atoms with Crippen LogP contribution in [-0.2, 0) is 10.2 Å². The molecule has 1 amide bonds. The van der Waals surface area contributed by atoms with Crippen LogP contribution in [0.5, 0.6) is 0 Å². The van der Waals surface area contributed by atoms with Gasteiger partial charge in [0.2, 0.25) is 5.91 Å². The predicted octanol–water partition coefficient (Wildman–Crippen LogP) is 6.50. The molecule has 4 aromatic rings. The van der Waals surface area contributed by atoms with Gasteiger partial charge in [0.1, 0.15) is 11.5 Å². The summed E-state index contributed by atoms with van der Waals surface area (Å²) in [5, 5.41) is 3.36. The zero-order valence-corrected chi connectivity index (χ0v) is 22.4. The lowest BCUT2D eigenvalue weighted by Crippen LogP contribution is -2.51. The van der Waals surface area contributed by atoms with E-state index in [-0.39, 0.29) is 17.5 Å². The molecule has 1 N–H and O–H groups in total. The molecule has 4 atom stereocenters. The van der Waals surface area contributed by atoms with Gasteiger partial charge >= 0.3 is 0 Å². The molecule has 0 saturated carbocycles. The van der Waals surface area contributed by atoms with E-state index in [2.05, 4.69) is 5.32 Å². The molecular weight excluding hydrogens is 520 g/mol. The highest BCUT2D eigenvalue weighted by Crippen LogP contribution is 2.58. The van der Waals surface area contributed by atoms with E-state index in [1.807, 2.05) is 84.6 Å². The predicted molar refractivity (Wildman–Crippen MR) is 157 cm³/mol. The Balaban J connectivity index is 1.55. The number of nitrogens with zero attached hydrogens (tertiary/aromatic N) is 1. The molecule has 0 radical (unpaired) electrons. The van der Waals surface area contributed by atoms with E-state index >= 15 is 0 Å². The molecule has 3 heterocycles. The second-order valence-electron chi connectivity index (χ2n) is 10.6.